The highest BCUT2D eigenvalue weighted by molar-refractivity contribution is 5.51. The van der Waals surface area contributed by atoms with Crippen molar-refractivity contribution in [2.45, 2.75) is 6.43 Å². The molecule has 0 radical (unpaired) electrons. The fourth-order valence-electron chi connectivity index (χ4n) is 0.855. The number of halogens is 2. The topological polar surface area (TPSA) is 38.7 Å². The van der Waals surface area contributed by atoms with Gasteiger partial charge in [-0.3, -0.25) is 0 Å². The number of benzene rings is 1. The lowest BCUT2D eigenvalue weighted by Gasteiger charge is -2.04. The molecule has 0 unspecified atom stereocenters. The second kappa shape index (κ2) is 5.09. The van der Waals surface area contributed by atoms with Crippen molar-refractivity contribution in [3.8, 4) is 5.75 Å². The predicted molar refractivity (Wildman–Crippen MR) is 45.7 cm³/mol. The Labute approximate surface area is 79.0 Å². The van der Waals surface area contributed by atoms with Gasteiger partial charge >= 0.3 is 0 Å². The number of ether oxygens (including phenoxy) is 1. The third-order valence-corrected chi connectivity index (χ3v) is 1.37. The molecule has 0 aromatic heterocycles. The highest BCUT2D eigenvalue weighted by Crippen LogP contribution is 2.19. The van der Waals surface area contributed by atoms with Crippen molar-refractivity contribution in [3.63, 3.8) is 0 Å². The van der Waals surface area contributed by atoms with Crippen molar-refractivity contribution in [1.29, 1.82) is 0 Å². The Kier molecular flexibility index (Phi) is 3.76. The molecule has 0 aliphatic carbocycles. The van der Waals surface area contributed by atoms with E-state index in [1.165, 1.54) is 18.2 Å². The van der Waals surface area contributed by atoms with E-state index < -0.39 is 13.0 Å². The smallest absolute Gasteiger partial charge is 0.272 e. The van der Waals surface area contributed by atoms with E-state index in [1.54, 1.807) is 12.1 Å². The molecule has 0 aliphatic rings. The number of aliphatic imine (C=N–C) groups is 1. The highest BCUT2D eigenvalue weighted by atomic mass is 19.3. The molecule has 0 amide bonds. The van der Waals surface area contributed by atoms with Crippen molar-refractivity contribution in [3.05, 3.63) is 24.3 Å². The zero-order valence-electron chi connectivity index (χ0n) is 7.11. The molecule has 74 valence electrons. The first-order valence-electron chi connectivity index (χ1n) is 3.81. The molecule has 0 spiro atoms. The standard InChI is InChI=1S/C9H7F2NO2/c10-9(11)5-14-8-3-1-2-7(4-8)12-6-13/h1-4,9H,5H2. The van der Waals surface area contributed by atoms with E-state index in [0.717, 1.165) is 0 Å². The Hall–Kier alpha value is -1.74. The lowest BCUT2D eigenvalue weighted by atomic mass is 10.3. The largest absolute Gasteiger partial charge is 0.488 e. The minimum absolute atomic E-state index is 0.252. The van der Waals surface area contributed by atoms with Crippen LogP contribution in [0.25, 0.3) is 0 Å². The van der Waals surface area contributed by atoms with Gasteiger partial charge in [0.2, 0.25) is 6.08 Å². The van der Waals surface area contributed by atoms with Crippen LogP contribution >= 0.6 is 0 Å². The minimum atomic E-state index is -2.52. The summed E-state index contributed by atoms with van der Waals surface area (Å²) in [6.07, 6.45) is -1.17. The Balaban J connectivity index is 2.68. The van der Waals surface area contributed by atoms with Crippen molar-refractivity contribution in [2.75, 3.05) is 6.61 Å². The molecule has 1 aromatic rings. The summed E-state index contributed by atoms with van der Waals surface area (Å²) in [5.41, 5.74) is 0.326. The molecule has 0 saturated carbocycles. The molecule has 0 atom stereocenters. The average molecular weight is 199 g/mol. The SMILES string of the molecule is O=C=Nc1cccc(OCC(F)F)c1. The van der Waals surface area contributed by atoms with Crippen molar-refractivity contribution < 1.29 is 18.3 Å². The van der Waals surface area contributed by atoms with Crippen molar-refractivity contribution in [1.82, 2.24) is 0 Å². The summed E-state index contributed by atoms with van der Waals surface area (Å²) in [6.45, 7) is -0.672. The van der Waals surface area contributed by atoms with Gasteiger partial charge in [-0.15, -0.1) is 0 Å². The summed E-state index contributed by atoms with van der Waals surface area (Å²) >= 11 is 0. The van der Waals surface area contributed by atoms with E-state index in [1.807, 2.05) is 0 Å². The van der Waals surface area contributed by atoms with Crippen LogP contribution in [0.1, 0.15) is 0 Å². The average Bonchev–Trinajstić information content (AvgIpc) is 2.16. The fourth-order valence-corrected chi connectivity index (χ4v) is 0.855. The molecular weight excluding hydrogens is 192 g/mol. The molecule has 1 rings (SSSR count). The molecular formula is C9H7F2NO2. The molecule has 0 heterocycles. The number of nitrogens with zero attached hydrogens (tertiary/aromatic N) is 1. The zero-order valence-corrected chi connectivity index (χ0v) is 7.11. The lowest BCUT2D eigenvalue weighted by molar-refractivity contribution is 0.0819. The van der Waals surface area contributed by atoms with Crippen LogP contribution in [-0.4, -0.2) is 19.1 Å². The van der Waals surface area contributed by atoms with E-state index in [2.05, 4.69) is 4.99 Å². The van der Waals surface area contributed by atoms with Gasteiger partial charge in [0.25, 0.3) is 6.43 Å². The van der Waals surface area contributed by atoms with Crippen LogP contribution in [0.15, 0.2) is 29.3 Å². The third kappa shape index (κ3) is 3.33. The van der Waals surface area contributed by atoms with E-state index in [-0.39, 0.29) is 5.75 Å². The van der Waals surface area contributed by atoms with Gasteiger partial charge in [0.15, 0.2) is 0 Å². The first-order chi connectivity index (χ1) is 6.72. The first-order valence-corrected chi connectivity index (χ1v) is 3.81. The summed E-state index contributed by atoms with van der Waals surface area (Å²) in [7, 11) is 0. The van der Waals surface area contributed by atoms with Crippen LogP contribution in [0.5, 0.6) is 5.75 Å². The van der Waals surface area contributed by atoms with Crippen molar-refractivity contribution >= 4 is 11.8 Å². The van der Waals surface area contributed by atoms with Gasteiger partial charge in [-0.1, -0.05) is 6.07 Å². The number of isocyanates is 1. The maximum absolute atomic E-state index is 11.8. The third-order valence-electron chi connectivity index (χ3n) is 1.37. The summed E-state index contributed by atoms with van der Waals surface area (Å²) < 4.78 is 28.2. The summed E-state index contributed by atoms with van der Waals surface area (Å²) in [5.74, 6) is 0.252. The molecule has 3 nitrogen and oxygen atoms in total. The van der Waals surface area contributed by atoms with Gasteiger partial charge in [0.05, 0.1) is 5.69 Å². The highest BCUT2D eigenvalue weighted by Gasteiger charge is 2.03. The molecule has 0 N–H and O–H groups in total. The predicted octanol–water partition coefficient (Wildman–Crippen LogP) is 2.30. The maximum Gasteiger partial charge on any atom is 0.272 e. The molecule has 5 heteroatoms. The Morgan fingerprint density at radius 1 is 1.50 bits per heavy atom. The Bertz CT molecular complexity index is 348. The zero-order chi connectivity index (χ0) is 10.4. The summed E-state index contributed by atoms with van der Waals surface area (Å²) in [5, 5.41) is 0. The van der Waals surface area contributed by atoms with E-state index >= 15 is 0 Å². The summed E-state index contributed by atoms with van der Waals surface area (Å²) in [4.78, 5) is 13.2. The van der Waals surface area contributed by atoms with Crippen LogP contribution in [-0.2, 0) is 4.79 Å². The van der Waals surface area contributed by atoms with Gasteiger partial charge in [0, 0.05) is 6.07 Å². The van der Waals surface area contributed by atoms with Crippen LogP contribution in [0.2, 0.25) is 0 Å². The maximum atomic E-state index is 11.8. The van der Waals surface area contributed by atoms with E-state index in [0.29, 0.717) is 5.69 Å². The minimum Gasteiger partial charge on any atom is -0.488 e. The van der Waals surface area contributed by atoms with Gasteiger partial charge in [-0.2, -0.15) is 4.99 Å². The van der Waals surface area contributed by atoms with Gasteiger partial charge in [-0.05, 0) is 12.1 Å². The lowest BCUT2D eigenvalue weighted by Crippen LogP contribution is -2.06. The quantitative estimate of drug-likeness (QED) is 0.551. The molecule has 0 bridgehead atoms. The number of hydrogen-bond donors (Lipinski definition) is 0. The van der Waals surface area contributed by atoms with Gasteiger partial charge in [0.1, 0.15) is 12.4 Å². The molecule has 0 saturated heterocycles. The Morgan fingerprint density at radius 3 is 2.93 bits per heavy atom. The first kappa shape index (κ1) is 10.3. The van der Waals surface area contributed by atoms with E-state index in [9.17, 15) is 13.6 Å². The van der Waals surface area contributed by atoms with Crippen LogP contribution in [0.3, 0.4) is 0 Å². The fraction of sp³-hybridized carbons (Fsp3) is 0.222. The second-order valence-electron chi connectivity index (χ2n) is 2.40. The number of carbonyl (C=O) groups excluding carboxylic acids is 1. The molecule has 0 aliphatic heterocycles. The molecule has 14 heavy (non-hydrogen) atoms. The van der Waals surface area contributed by atoms with E-state index in [4.69, 9.17) is 4.74 Å². The second-order valence-corrected chi connectivity index (χ2v) is 2.40. The Morgan fingerprint density at radius 2 is 2.29 bits per heavy atom. The number of hydrogen-bond acceptors (Lipinski definition) is 3. The summed E-state index contributed by atoms with van der Waals surface area (Å²) in [6, 6.07) is 5.98. The number of alkyl halides is 2. The van der Waals surface area contributed by atoms with Gasteiger partial charge < -0.3 is 4.74 Å². The normalized spacial score (nSPS) is 9.64. The van der Waals surface area contributed by atoms with Crippen molar-refractivity contribution in [2.24, 2.45) is 4.99 Å². The van der Waals surface area contributed by atoms with Crippen LogP contribution < -0.4 is 4.74 Å². The molecule has 0 fully saturated rings. The monoisotopic (exact) mass is 199 g/mol. The number of rotatable bonds is 4. The molecule has 1 aromatic carbocycles. The van der Waals surface area contributed by atoms with Crippen LogP contribution in [0.4, 0.5) is 14.5 Å². The van der Waals surface area contributed by atoms with Crippen LogP contribution in [0, 0.1) is 0 Å². The van der Waals surface area contributed by atoms with Gasteiger partial charge in [-0.25, -0.2) is 13.6 Å².